The van der Waals surface area contributed by atoms with Crippen molar-refractivity contribution < 1.29 is 14.2 Å². The van der Waals surface area contributed by atoms with Gasteiger partial charge in [0, 0.05) is 40.5 Å². The summed E-state index contributed by atoms with van der Waals surface area (Å²) in [6.07, 6.45) is 5.93. The van der Waals surface area contributed by atoms with Crippen molar-refractivity contribution in [2.24, 2.45) is 10.4 Å². The van der Waals surface area contributed by atoms with E-state index in [1.807, 2.05) is 31.3 Å². The van der Waals surface area contributed by atoms with Crippen LogP contribution in [0.15, 0.2) is 29.3 Å². The number of guanidine groups is 1. The van der Waals surface area contributed by atoms with Gasteiger partial charge in [-0.3, -0.25) is 4.99 Å². The highest BCUT2D eigenvalue weighted by molar-refractivity contribution is 5.79. The Morgan fingerprint density at radius 3 is 2.48 bits per heavy atom. The van der Waals surface area contributed by atoms with E-state index in [9.17, 15) is 0 Å². The molecule has 1 fully saturated rings. The van der Waals surface area contributed by atoms with Gasteiger partial charge in [-0.25, -0.2) is 0 Å². The van der Waals surface area contributed by atoms with Gasteiger partial charge in [-0.15, -0.1) is 0 Å². The van der Waals surface area contributed by atoms with Crippen molar-refractivity contribution in [3.8, 4) is 5.75 Å². The second-order valence-electron chi connectivity index (χ2n) is 7.20. The minimum absolute atomic E-state index is 0.384. The van der Waals surface area contributed by atoms with Crippen LogP contribution in [-0.4, -0.2) is 53.5 Å². The van der Waals surface area contributed by atoms with E-state index < -0.39 is 0 Å². The summed E-state index contributed by atoms with van der Waals surface area (Å²) in [6.45, 7) is 3.98. The quantitative estimate of drug-likeness (QED) is 0.333. The number of nitrogens with one attached hydrogen (secondary N) is 2. The highest BCUT2D eigenvalue weighted by Gasteiger charge is 2.36. The van der Waals surface area contributed by atoms with Gasteiger partial charge in [0.1, 0.15) is 5.75 Å². The maximum absolute atomic E-state index is 5.74. The summed E-state index contributed by atoms with van der Waals surface area (Å²) in [5, 5.41) is 6.85. The van der Waals surface area contributed by atoms with E-state index in [4.69, 9.17) is 14.2 Å². The number of nitrogens with zero attached hydrogens (tertiary/aromatic N) is 1. The van der Waals surface area contributed by atoms with Crippen LogP contribution in [0.2, 0.25) is 0 Å². The van der Waals surface area contributed by atoms with Crippen LogP contribution in [0.25, 0.3) is 0 Å². The highest BCUT2D eigenvalue weighted by Crippen LogP contribution is 2.43. The smallest absolute Gasteiger partial charge is 0.190 e. The molecule has 1 aromatic carbocycles. The lowest BCUT2D eigenvalue weighted by Crippen LogP contribution is -2.47. The lowest BCUT2D eigenvalue weighted by Gasteiger charge is -2.42. The normalized spacial score (nSPS) is 15.9. The second kappa shape index (κ2) is 11.8. The molecule has 0 spiro atoms. The molecular formula is C21H35N3O3. The van der Waals surface area contributed by atoms with Crippen LogP contribution in [-0.2, 0) is 16.1 Å². The van der Waals surface area contributed by atoms with Crippen LogP contribution in [0.1, 0.15) is 37.7 Å². The van der Waals surface area contributed by atoms with Gasteiger partial charge in [-0.1, -0.05) is 18.6 Å². The summed E-state index contributed by atoms with van der Waals surface area (Å²) < 4.78 is 16.2. The molecule has 0 bridgehead atoms. The molecule has 1 saturated carbocycles. The Balaban J connectivity index is 1.56. The van der Waals surface area contributed by atoms with Crippen molar-refractivity contribution >= 4 is 5.96 Å². The third-order valence-electron chi connectivity index (χ3n) is 5.29. The average molecular weight is 378 g/mol. The van der Waals surface area contributed by atoms with E-state index in [1.54, 1.807) is 14.2 Å². The Hall–Kier alpha value is -1.79. The molecule has 0 atom stereocenters. The summed E-state index contributed by atoms with van der Waals surface area (Å²) in [7, 11) is 5.27. The Morgan fingerprint density at radius 2 is 1.89 bits per heavy atom. The van der Waals surface area contributed by atoms with Crippen molar-refractivity contribution in [1.29, 1.82) is 0 Å². The fourth-order valence-corrected chi connectivity index (χ4v) is 3.30. The zero-order chi connectivity index (χ0) is 19.4. The highest BCUT2D eigenvalue weighted by atomic mass is 16.5. The maximum atomic E-state index is 5.74. The van der Waals surface area contributed by atoms with E-state index in [1.165, 1.54) is 19.3 Å². The van der Waals surface area contributed by atoms with Gasteiger partial charge < -0.3 is 24.8 Å². The van der Waals surface area contributed by atoms with Gasteiger partial charge in [0.15, 0.2) is 5.96 Å². The zero-order valence-electron chi connectivity index (χ0n) is 17.1. The van der Waals surface area contributed by atoms with Crippen LogP contribution in [0, 0.1) is 5.41 Å². The van der Waals surface area contributed by atoms with Gasteiger partial charge >= 0.3 is 0 Å². The summed E-state index contributed by atoms with van der Waals surface area (Å²) in [6, 6.07) is 7.97. The molecule has 152 valence electrons. The zero-order valence-corrected chi connectivity index (χ0v) is 17.1. The second-order valence-corrected chi connectivity index (χ2v) is 7.20. The number of benzene rings is 1. The third-order valence-corrected chi connectivity index (χ3v) is 5.29. The van der Waals surface area contributed by atoms with E-state index in [0.717, 1.165) is 49.8 Å². The van der Waals surface area contributed by atoms with Crippen LogP contribution in [0.4, 0.5) is 0 Å². The molecular weight excluding hydrogens is 342 g/mol. The molecule has 0 aliphatic heterocycles. The average Bonchev–Trinajstić information content (AvgIpc) is 2.68. The third kappa shape index (κ3) is 7.39. The largest absolute Gasteiger partial charge is 0.497 e. The number of hydrogen-bond donors (Lipinski definition) is 2. The van der Waals surface area contributed by atoms with Crippen molar-refractivity contribution in [3.63, 3.8) is 0 Å². The van der Waals surface area contributed by atoms with E-state index in [2.05, 4.69) is 15.6 Å². The van der Waals surface area contributed by atoms with Crippen molar-refractivity contribution in [1.82, 2.24) is 10.6 Å². The molecule has 6 nitrogen and oxygen atoms in total. The van der Waals surface area contributed by atoms with E-state index >= 15 is 0 Å². The summed E-state index contributed by atoms with van der Waals surface area (Å²) >= 11 is 0. The first-order valence-electron chi connectivity index (χ1n) is 9.85. The number of ether oxygens (including phenoxy) is 3. The number of hydrogen-bond acceptors (Lipinski definition) is 4. The lowest BCUT2D eigenvalue weighted by atomic mass is 9.67. The number of methoxy groups -OCH3 is 2. The predicted octanol–water partition coefficient (Wildman–Crippen LogP) is 2.97. The van der Waals surface area contributed by atoms with Gasteiger partial charge in [0.25, 0.3) is 0 Å². The molecule has 2 N–H and O–H groups in total. The van der Waals surface area contributed by atoms with Gasteiger partial charge in [0.05, 0.1) is 13.7 Å². The van der Waals surface area contributed by atoms with Crippen molar-refractivity contribution in [3.05, 3.63) is 29.8 Å². The molecule has 2 rings (SSSR count). The van der Waals surface area contributed by atoms with Gasteiger partial charge in [-0.05, 0) is 48.8 Å². The molecule has 0 radical (unpaired) electrons. The van der Waals surface area contributed by atoms with Crippen LogP contribution >= 0.6 is 0 Å². The number of aliphatic imine (C=N–C) groups is 1. The number of rotatable bonds is 12. The first kappa shape index (κ1) is 21.5. The molecule has 0 saturated heterocycles. The molecule has 6 heteroatoms. The fraction of sp³-hybridized carbons (Fsp3) is 0.667. The molecule has 1 aliphatic rings. The summed E-state index contributed by atoms with van der Waals surface area (Å²) in [4.78, 5) is 4.32. The van der Waals surface area contributed by atoms with Crippen LogP contribution < -0.4 is 15.4 Å². The minimum atomic E-state index is 0.384. The van der Waals surface area contributed by atoms with Crippen LogP contribution in [0.5, 0.6) is 5.75 Å². The fourth-order valence-electron chi connectivity index (χ4n) is 3.30. The Kier molecular flexibility index (Phi) is 9.42. The maximum Gasteiger partial charge on any atom is 0.190 e. The summed E-state index contributed by atoms with van der Waals surface area (Å²) in [5.41, 5.74) is 1.54. The topological polar surface area (TPSA) is 64.1 Å². The molecule has 0 heterocycles. The molecule has 0 aromatic heterocycles. The van der Waals surface area contributed by atoms with Crippen molar-refractivity contribution in [2.75, 3.05) is 47.6 Å². The van der Waals surface area contributed by atoms with Crippen LogP contribution in [0.3, 0.4) is 0 Å². The summed E-state index contributed by atoms with van der Waals surface area (Å²) in [5.74, 6) is 1.74. The Bertz CT molecular complexity index is 556. The standard InChI is InChI=1S/C21H35N3O3/c1-22-20(24-17-21(10-4-11-21)12-15-25-2)23-13-5-14-27-16-18-6-8-19(26-3)9-7-18/h6-9H,4-5,10-17H2,1-3H3,(H2,22,23,24). The van der Waals surface area contributed by atoms with Gasteiger partial charge in [-0.2, -0.15) is 0 Å². The molecule has 27 heavy (non-hydrogen) atoms. The molecule has 0 amide bonds. The molecule has 1 aliphatic carbocycles. The van der Waals surface area contributed by atoms with Gasteiger partial charge in [0.2, 0.25) is 0 Å². The SMILES string of the molecule is CN=C(NCCCOCc1ccc(OC)cc1)NCC1(CCOC)CCC1. The first-order chi connectivity index (χ1) is 13.2. The predicted molar refractivity (Wildman–Crippen MR) is 109 cm³/mol. The monoisotopic (exact) mass is 377 g/mol. The molecule has 0 unspecified atom stereocenters. The first-order valence-corrected chi connectivity index (χ1v) is 9.85. The van der Waals surface area contributed by atoms with E-state index in [-0.39, 0.29) is 0 Å². The van der Waals surface area contributed by atoms with Crippen molar-refractivity contribution in [2.45, 2.75) is 38.7 Å². The minimum Gasteiger partial charge on any atom is -0.497 e. The Morgan fingerprint density at radius 1 is 1.11 bits per heavy atom. The Labute approximate surface area is 163 Å². The van der Waals surface area contributed by atoms with E-state index in [0.29, 0.717) is 18.6 Å². The lowest BCUT2D eigenvalue weighted by molar-refractivity contribution is 0.0732. The molecule has 1 aromatic rings.